The van der Waals surface area contributed by atoms with E-state index in [-0.39, 0.29) is 12.2 Å². The molecule has 0 saturated carbocycles. The van der Waals surface area contributed by atoms with Crippen LogP contribution in [0.15, 0.2) is 54.6 Å². The Morgan fingerprint density at radius 3 is 2.12 bits per heavy atom. The van der Waals surface area contributed by atoms with Crippen molar-refractivity contribution in [2.24, 2.45) is 0 Å². The fraction of sp³-hybridized carbons (Fsp3) is 0.188. The lowest BCUT2D eigenvalue weighted by Gasteiger charge is -2.24. The molecule has 2 atom stereocenters. The molecule has 0 spiro atoms. The van der Waals surface area contributed by atoms with E-state index in [2.05, 4.69) is 5.32 Å². The number of hydrogen-bond acceptors (Lipinski definition) is 4. The maximum atomic E-state index is 11.8. The van der Waals surface area contributed by atoms with Gasteiger partial charge < -0.3 is 20.0 Å². The number of phenols is 1. The Balaban J connectivity index is 2.24. The molecule has 0 aromatic heterocycles. The summed E-state index contributed by atoms with van der Waals surface area (Å²) in [5.74, 6) is -2.59. The van der Waals surface area contributed by atoms with Crippen LogP contribution >= 0.6 is 7.60 Å². The first-order valence-corrected chi connectivity index (χ1v) is 8.82. The summed E-state index contributed by atoms with van der Waals surface area (Å²) in [4.78, 5) is 30.7. The van der Waals surface area contributed by atoms with Crippen molar-refractivity contribution in [2.75, 3.05) is 0 Å². The van der Waals surface area contributed by atoms with Crippen molar-refractivity contribution in [1.82, 2.24) is 5.32 Å². The van der Waals surface area contributed by atoms with Crippen molar-refractivity contribution < 1.29 is 29.4 Å². The molecule has 8 heteroatoms. The first-order chi connectivity index (χ1) is 11.3. The van der Waals surface area contributed by atoms with Gasteiger partial charge in [-0.05, 0) is 29.7 Å². The second-order valence-electron chi connectivity index (χ2n) is 5.33. The minimum absolute atomic E-state index is 0.0128. The predicted molar refractivity (Wildman–Crippen MR) is 87.6 cm³/mol. The molecule has 0 saturated heterocycles. The molecule has 0 aliphatic heterocycles. The Labute approximate surface area is 138 Å². The first-order valence-electron chi connectivity index (χ1n) is 7.14. The number of phenolic OH excluding ortho intramolecular Hbond substituents is 1. The van der Waals surface area contributed by atoms with Gasteiger partial charge in [0.2, 0.25) is 0 Å². The predicted octanol–water partition coefficient (Wildman–Crippen LogP) is 1.85. The molecule has 0 aliphatic carbocycles. The molecule has 2 rings (SSSR count). The second-order valence-corrected chi connectivity index (χ2v) is 7.02. The number of rotatable bonds is 7. The van der Waals surface area contributed by atoms with Gasteiger partial charge in [-0.25, -0.2) is 0 Å². The van der Waals surface area contributed by atoms with Crippen molar-refractivity contribution in [2.45, 2.75) is 18.2 Å². The number of benzene rings is 2. The van der Waals surface area contributed by atoms with Crippen molar-refractivity contribution in [3.8, 4) is 5.75 Å². The van der Waals surface area contributed by atoms with E-state index < -0.39 is 25.4 Å². The minimum atomic E-state index is -4.62. The highest BCUT2D eigenvalue weighted by Crippen LogP contribution is 2.50. The van der Waals surface area contributed by atoms with Crippen molar-refractivity contribution >= 4 is 13.6 Å². The summed E-state index contributed by atoms with van der Waals surface area (Å²) >= 11 is 0. The number of nitrogens with one attached hydrogen (secondary N) is 1. The van der Waals surface area contributed by atoms with Crippen LogP contribution in [0.1, 0.15) is 16.9 Å². The first kappa shape index (κ1) is 18.2. The summed E-state index contributed by atoms with van der Waals surface area (Å²) in [5, 5.41) is 21.2. The van der Waals surface area contributed by atoms with E-state index in [0.29, 0.717) is 11.1 Å². The SMILES string of the molecule is O=C(O)[C@H](Cc1ccc(O)cc1)N[C@H](c1ccccc1)P(=O)(O)O. The maximum Gasteiger partial charge on any atom is 0.346 e. The second kappa shape index (κ2) is 7.59. The summed E-state index contributed by atoms with van der Waals surface area (Å²) in [6.07, 6.45) is 0.0128. The summed E-state index contributed by atoms with van der Waals surface area (Å²) < 4.78 is 11.8. The van der Waals surface area contributed by atoms with Gasteiger partial charge in [-0.3, -0.25) is 14.7 Å². The van der Waals surface area contributed by atoms with Gasteiger partial charge in [-0.15, -0.1) is 0 Å². The molecule has 24 heavy (non-hydrogen) atoms. The molecule has 0 aliphatic rings. The van der Waals surface area contributed by atoms with Gasteiger partial charge in [0, 0.05) is 0 Å². The fourth-order valence-corrected chi connectivity index (χ4v) is 3.23. The van der Waals surface area contributed by atoms with Crippen molar-refractivity contribution in [1.29, 1.82) is 0 Å². The zero-order valence-corrected chi connectivity index (χ0v) is 13.5. The molecule has 7 nitrogen and oxygen atoms in total. The Kier molecular flexibility index (Phi) is 5.75. The molecule has 0 fully saturated rings. The standard InChI is InChI=1S/C16H18NO6P/c18-13-8-6-11(7-9-13)10-14(16(19)20)17-15(24(21,22)23)12-4-2-1-3-5-12/h1-9,14-15,17-18H,10H2,(H,19,20)(H2,21,22,23)/t14-,15-/m0/s1. The number of carbonyl (C=O) groups is 1. The van der Waals surface area contributed by atoms with E-state index in [1.165, 1.54) is 24.3 Å². The molecule has 0 unspecified atom stereocenters. The Morgan fingerprint density at radius 1 is 1.04 bits per heavy atom. The quantitative estimate of drug-likeness (QED) is 0.482. The number of hydrogen-bond donors (Lipinski definition) is 5. The van der Waals surface area contributed by atoms with Crippen LogP contribution in [0.5, 0.6) is 5.75 Å². The maximum absolute atomic E-state index is 11.8. The van der Waals surface area contributed by atoms with Crippen LogP contribution in [-0.4, -0.2) is 32.0 Å². The van der Waals surface area contributed by atoms with Crippen LogP contribution in [0.2, 0.25) is 0 Å². The van der Waals surface area contributed by atoms with E-state index in [1.54, 1.807) is 30.3 Å². The van der Waals surface area contributed by atoms with E-state index in [4.69, 9.17) is 0 Å². The highest BCUT2D eigenvalue weighted by Gasteiger charge is 2.34. The normalized spacial score (nSPS) is 14.1. The van der Waals surface area contributed by atoms with Gasteiger partial charge >= 0.3 is 13.6 Å². The lowest BCUT2D eigenvalue weighted by molar-refractivity contribution is -0.139. The van der Waals surface area contributed by atoms with Crippen LogP contribution in [0.4, 0.5) is 0 Å². The van der Waals surface area contributed by atoms with E-state index in [9.17, 15) is 29.4 Å². The average Bonchev–Trinajstić information content (AvgIpc) is 2.52. The minimum Gasteiger partial charge on any atom is -0.508 e. The Morgan fingerprint density at radius 2 is 1.62 bits per heavy atom. The molecule has 0 bridgehead atoms. The average molecular weight is 351 g/mol. The molecular formula is C16H18NO6P. The van der Waals surface area contributed by atoms with E-state index >= 15 is 0 Å². The molecule has 2 aromatic carbocycles. The lowest BCUT2D eigenvalue weighted by atomic mass is 10.1. The molecule has 0 radical (unpaired) electrons. The number of aromatic hydroxyl groups is 1. The largest absolute Gasteiger partial charge is 0.508 e. The summed E-state index contributed by atoms with van der Waals surface area (Å²) in [6.45, 7) is 0. The topological polar surface area (TPSA) is 127 Å². The van der Waals surface area contributed by atoms with E-state index in [1.807, 2.05) is 0 Å². The molecule has 0 amide bonds. The van der Waals surface area contributed by atoms with Gasteiger partial charge in [-0.2, -0.15) is 0 Å². The van der Waals surface area contributed by atoms with E-state index in [0.717, 1.165) is 0 Å². The molecule has 128 valence electrons. The third-order valence-corrected chi connectivity index (χ3v) is 4.60. The van der Waals surface area contributed by atoms with Crippen LogP contribution in [0.3, 0.4) is 0 Å². The van der Waals surface area contributed by atoms with Crippen LogP contribution < -0.4 is 5.32 Å². The number of carboxylic acids is 1. The van der Waals surface area contributed by atoms with Crippen LogP contribution in [0.25, 0.3) is 0 Å². The Hall–Kier alpha value is -2.18. The highest BCUT2D eigenvalue weighted by atomic mass is 31.2. The van der Waals surface area contributed by atoms with Gasteiger partial charge in [0.1, 0.15) is 17.6 Å². The van der Waals surface area contributed by atoms with Crippen LogP contribution in [0, 0.1) is 0 Å². The molecule has 5 N–H and O–H groups in total. The fourth-order valence-electron chi connectivity index (χ4n) is 2.30. The summed E-state index contributed by atoms with van der Waals surface area (Å²) in [7, 11) is -4.62. The smallest absolute Gasteiger partial charge is 0.346 e. The van der Waals surface area contributed by atoms with Gasteiger partial charge in [0.15, 0.2) is 0 Å². The third-order valence-electron chi connectivity index (χ3n) is 3.48. The van der Waals surface area contributed by atoms with Gasteiger partial charge in [0.25, 0.3) is 0 Å². The third kappa shape index (κ3) is 4.91. The molecular weight excluding hydrogens is 333 g/mol. The van der Waals surface area contributed by atoms with Gasteiger partial charge in [0.05, 0.1) is 0 Å². The summed E-state index contributed by atoms with van der Waals surface area (Å²) in [6, 6.07) is 12.7. The zero-order valence-electron chi connectivity index (χ0n) is 12.6. The molecule has 0 heterocycles. The summed E-state index contributed by atoms with van der Waals surface area (Å²) in [5.41, 5.74) is 0.924. The van der Waals surface area contributed by atoms with Crippen molar-refractivity contribution in [3.63, 3.8) is 0 Å². The monoisotopic (exact) mass is 351 g/mol. The van der Waals surface area contributed by atoms with Crippen molar-refractivity contribution in [3.05, 3.63) is 65.7 Å². The number of aliphatic carboxylic acids is 1. The Bertz CT molecular complexity index is 728. The van der Waals surface area contributed by atoms with Crippen LogP contribution in [-0.2, 0) is 15.8 Å². The number of carboxylic acid groups (broad SMARTS) is 1. The van der Waals surface area contributed by atoms with Gasteiger partial charge in [-0.1, -0.05) is 42.5 Å². The highest BCUT2D eigenvalue weighted by molar-refractivity contribution is 7.52. The zero-order chi connectivity index (χ0) is 17.7. The lowest BCUT2D eigenvalue weighted by Crippen LogP contribution is -2.40. The molecule has 2 aromatic rings.